The number of benzene rings is 1. The third-order valence-electron chi connectivity index (χ3n) is 2.50. The molecule has 0 aliphatic carbocycles. The summed E-state index contributed by atoms with van der Waals surface area (Å²) in [6.45, 7) is 9.14. The first-order valence-electron chi connectivity index (χ1n) is 5.31. The van der Waals surface area contributed by atoms with Crippen molar-refractivity contribution in [3.63, 3.8) is 0 Å². The van der Waals surface area contributed by atoms with Crippen LogP contribution in [0.3, 0.4) is 0 Å². The molecule has 1 radical (unpaired) electrons. The Hall–Kier alpha value is -0.466. The first-order valence-corrected chi connectivity index (χ1v) is 5.31. The third-order valence-corrected chi connectivity index (χ3v) is 2.50. The fraction of sp³-hybridized carbons (Fsp3) is 0.286. The Labute approximate surface area is 128 Å². The maximum Gasteiger partial charge on any atom is 0.161 e. The summed E-state index contributed by atoms with van der Waals surface area (Å²) >= 11 is 0. The largest absolute Gasteiger partial charge is 0.350 e. The maximum atomic E-state index is 11.7. The van der Waals surface area contributed by atoms with Gasteiger partial charge in [0.1, 0.15) is 5.78 Å². The molecule has 0 heterocycles. The predicted molar refractivity (Wildman–Crippen MR) is 64.2 cm³/mol. The quantitative estimate of drug-likeness (QED) is 0.619. The van der Waals surface area contributed by atoms with Crippen LogP contribution in [0.25, 0.3) is 0 Å². The second-order valence-corrected chi connectivity index (χ2v) is 3.86. The first kappa shape index (κ1) is 16.5. The average Bonchev–Trinajstić information content (AvgIpc) is 2.26. The van der Waals surface area contributed by atoms with E-state index in [1.54, 1.807) is 6.07 Å². The van der Waals surface area contributed by atoms with Crippen LogP contribution in [-0.2, 0) is 43.9 Å². The predicted octanol–water partition coefficient (Wildman–Crippen LogP) is 2.79. The van der Waals surface area contributed by atoms with E-state index < -0.39 is 0 Å². The SMILES string of the molecule is [CH2-]Cc1cc(C(=O)CCC(C)=O)ccc1[CH2-].[Y]. The van der Waals surface area contributed by atoms with Crippen LogP contribution in [0.2, 0.25) is 0 Å². The van der Waals surface area contributed by atoms with E-state index in [0.717, 1.165) is 11.1 Å². The molecule has 2 nitrogen and oxygen atoms in total. The zero-order chi connectivity index (χ0) is 12.1. The van der Waals surface area contributed by atoms with Gasteiger partial charge >= 0.3 is 0 Å². The Balaban J connectivity index is 0.00000256. The van der Waals surface area contributed by atoms with E-state index in [1.165, 1.54) is 6.92 Å². The molecule has 1 aromatic rings. The van der Waals surface area contributed by atoms with Crippen LogP contribution in [0.4, 0.5) is 0 Å². The molecule has 1 aromatic carbocycles. The van der Waals surface area contributed by atoms with Gasteiger partial charge in [-0.3, -0.25) is 4.79 Å². The van der Waals surface area contributed by atoms with Gasteiger partial charge in [-0.2, -0.15) is 24.1 Å². The van der Waals surface area contributed by atoms with Gasteiger partial charge in [0.05, 0.1) is 0 Å². The molecule has 0 saturated heterocycles. The van der Waals surface area contributed by atoms with Crippen LogP contribution in [0.15, 0.2) is 18.2 Å². The molecule has 17 heavy (non-hydrogen) atoms. The van der Waals surface area contributed by atoms with Crippen molar-refractivity contribution in [3.05, 3.63) is 48.7 Å². The van der Waals surface area contributed by atoms with Crippen molar-refractivity contribution in [1.82, 2.24) is 0 Å². The van der Waals surface area contributed by atoms with Crippen molar-refractivity contribution in [2.45, 2.75) is 26.2 Å². The second kappa shape index (κ2) is 7.78. The van der Waals surface area contributed by atoms with Gasteiger partial charge in [0.25, 0.3) is 0 Å². The first-order chi connectivity index (χ1) is 7.54. The van der Waals surface area contributed by atoms with Gasteiger partial charge in [0, 0.05) is 45.6 Å². The van der Waals surface area contributed by atoms with Crippen molar-refractivity contribution < 1.29 is 42.3 Å². The molecule has 0 atom stereocenters. The van der Waals surface area contributed by atoms with Crippen molar-refractivity contribution in [3.8, 4) is 0 Å². The van der Waals surface area contributed by atoms with E-state index in [4.69, 9.17) is 0 Å². The van der Waals surface area contributed by atoms with E-state index in [0.29, 0.717) is 18.4 Å². The minimum atomic E-state index is 0. The molecule has 0 bridgehead atoms. The number of hydrogen-bond acceptors (Lipinski definition) is 2. The summed E-state index contributed by atoms with van der Waals surface area (Å²) in [5, 5.41) is 0. The van der Waals surface area contributed by atoms with Crippen molar-refractivity contribution >= 4 is 11.6 Å². The minimum Gasteiger partial charge on any atom is -0.350 e. The van der Waals surface area contributed by atoms with Gasteiger partial charge in [-0.15, -0.1) is 12.1 Å². The summed E-state index contributed by atoms with van der Waals surface area (Å²) in [4.78, 5) is 22.5. The van der Waals surface area contributed by atoms with Crippen molar-refractivity contribution in [2.24, 2.45) is 0 Å². The van der Waals surface area contributed by atoms with Gasteiger partial charge in [-0.1, -0.05) is 0 Å². The molecular weight excluding hydrogens is 289 g/mol. The fourth-order valence-corrected chi connectivity index (χ4v) is 1.47. The van der Waals surface area contributed by atoms with Gasteiger partial charge in [0.15, 0.2) is 5.78 Å². The number of carbonyl (C=O) groups is 2. The smallest absolute Gasteiger partial charge is 0.161 e. The van der Waals surface area contributed by atoms with E-state index >= 15 is 0 Å². The fourth-order valence-electron chi connectivity index (χ4n) is 1.47. The minimum absolute atomic E-state index is 0. The Bertz CT molecular complexity index is 411. The van der Waals surface area contributed by atoms with Crippen LogP contribution in [0.5, 0.6) is 0 Å². The Morgan fingerprint density at radius 1 is 1.24 bits per heavy atom. The van der Waals surface area contributed by atoms with Crippen LogP contribution in [0, 0.1) is 13.8 Å². The van der Waals surface area contributed by atoms with Crippen molar-refractivity contribution in [1.29, 1.82) is 0 Å². The third kappa shape index (κ3) is 5.14. The van der Waals surface area contributed by atoms with Gasteiger partial charge < -0.3 is 11.7 Å². The Morgan fingerprint density at radius 2 is 1.88 bits per heavy atom. The van der Waals surface area contributed by atoms with Crippen LogP contribution in [-0.4, -0.2) is 11.6 Å². The number of hydrogen-bond donors (Lipinski definition) is 0. The molecular formula is C14H16O2Y-2. The van der Waals surface area contributed by atoms with Gasteiger partial charge in [0.2, 0.25) is 0 Å². The molecule has 0 spiro atoms. The molecule has 89 valence electrons. The molecule has 0 fully saturated rings. The summed E-state index contributed by atoms with van der Waals surface area (Å²) in [7, 11) is 0. The molecule has 3 heteroatoms. The topological polar surface area (TPSA) is 34.1 Å². The normalized spacial score (nSPS) is 9.53. The zero-order valence-electron chi connectivity index (χ0n) is 10.2. The monoisotopic (exact) mass is 305 g/mol. The molecule has 0 saturated carbocycles. The summed E-state index contributed by atoms with van der Waals surface area (Å²) < 4.78 is 0. The summed E-state index contributed by atoms with van der Waals surface area (Å²) in [6, 6.07) is 5.39. The molecule has 1 rings (SSSR count). The van der Waals surface area contributed by atoms with E-state index in [-0.39, 0.29) is 50.7 Å². The van der Waals surface area contributed by atoms with Crippen molar-refractivity contribution in [2.75, 3.05) is 0 Å². The van der Waals surface area contributed by atoms with E-state index in [9.17, 15) is 9.59 Å². The molecule has 0 aromatic heterocycles. The molecule has 0 aliphatic heterocycles. The molecule has 0 aliphatic rings. The molecule has 0 unspecified atom stereocenters. The zero-order valence-corrected chi connectivity index (χ0v) is 13.0. The standard InChI is InChI=1S/C14H16O2.Y/c1-4-12-9-13(7-5-10(12)2)14(16)8-6-11(3)15;/h5,7,9H,1-2,4,6,8H2,3H3;/q-2;. The van der Waals surface area contributed by atoms with E-state index in [2.05, 4.69) is 13.8 Å². The number of rotatable bonds is 5. The maximum absolute atomic E-state index is 11.7. The Kier molecular flexibility index (Phi) is 7.57. The van der Waals surface area contributed by atoms with E-state index in [1.807, 2.05) is 12.1 Å². The second-order valence-electron chi connectivity index (χ2n) is 3.86. The summed E-state index contributed by atoms with van der Waals surface area (Å²) in [5.41, 5.74) is 2.53. The molecule has 0 amide bonds. The van der Waals surface area contributed by atoms with Gasteiger partial charge in [-0.25, -0.2) is 6.42 Å². The number of Topliss-reactive ketones (excluding diaryl/α,β-unsaturated/α-hetero) is 2. The average molecular weight is 305 g/mol. The summed E-state index contributed by atoms with van der Waals surface area (Å²) in [5.74, 6) is 0.0458. The van der Waals surface area contributed by atoms with Gasteiger partial charge in [-0.05, 0) is 12.5 Å². The van der Waals surface area contributed by atoms with Crippen LogP contribution < -0.4 is 0 Å². The summed E-state index contributed by atoms with van der Waals surface area (Å²) in [6.07, 6.45) is 1.21. The van der Waals surface area contributed by atoms with Crippen LogP contribution >= 0.6 is 0 Å². The number of carbonyl (C=O) groups excluding carboxylic acids is 2. The van der Waals surface area contributed by atoms with Crippen LogP contribution in [0.1, 0.15) is 41.3 Å². The molecule has 0 N–H and O–H groups in total. The Morgan fingerprint density at radius 3 is 2.41 bits per heavy atom. The number of ketones is 2.